The van der Waals surface area contributed by atoms with Crippen LogP contribution in [-0.4, -0.2) is 51.3 Å². The van der Waals surface area contributed by atoms with Crippen molar-refractivity contribution in [1.82, 2.24) is 4.90 Å². The first-order valence-electron chi connectivity index (χ1n) is 10.0. The van der Waals surface area contributed by atoms with E-state index in [1.807, 2.05) is 49.3 Å². The molecule has 1 amide bonds. The maximum absolute atomic E-state index is 13.0. The summed E-state index contributed by atoms with van der Waals surface area (Å²) in [5.74, 6) is 0.794. The second kappa shape index (κ2) is 10.1. The Morgan fingerprint density at radius 3 is 2.45 bits per heavy atom. The van der Waals surface area contributed by atoms with Crippen LogP contribution in [0.4, 0.5) is 5.69 Å². The number of rotatable bonds is 8. The lowest BCUT2D eigenvalue weighted by Gasteiger charge is -2.25. The molecule has 0 aliphatic carbocycles. The minimum absolute atomic E-state index is 0.00648. The largest absolute Gasteiger partial charge is 0.497 e. The van der Waals surface area contributed by atoms with Crippen LogP contribution in [0.25, 0.3) is 6.08 Å². The second-order valence-electron chi connectivity index (χ2n) is 7.52. The molecule has 1 aliphatic rings. The van der Waals surface area contributed by atoms with Gasteiger partial charge in [-0.2, -0.15) is 0 Å². The van der Waals surface area contributed by atoms with E-state index in [1.165, 1.54) is 0 Å². The Morgan fingerprint density at radius 2 is 1.86 bits per heavy atom. The van der Waals surface area contributed by atoms with Gasteiger partial charge in [-0.25, -0.2) is 0 Å². The molecule has 1 atom stereocenters. The van der Waals surface area contributed by atoms with Gasteiger partial charge in [-0.15, -0.1) is 0 Å². The van der Waals surface area contributed by atoms with E-state index in [2.05, 4.69) is 29.2 Å². The zero-order valence-corrected chi connectivity index (χ0v) is 17.5. The molecule has 0 radical (unpaired) electrons. The van der Waals surface area contributed by atoms with Crippen LogP contribution in [0, 0.1) is 0 Å². The lowest BCUT2D eigenvalue weighted by atomic mass is 10.1. The molecule has 5 heteroatoms. The lowest BCUT2D eigenvalue weighted by molar-refractivity contribution is -0.128. The van der Waals surface area contributed by atoms with Crippen molar-refractivity contribution in [3.8, 4) is 5.75 Å². The minimum Gasteiger partial charge on any atom is -0.497 e. The molecule has 0 bridgehead atoms. The van der Waals surface area contributed by atoms with Crippen molar-refractivity contribution in [1.29, 1.82) is 0 Å². The molecule has 0 N–H and O–H groups in total. The van der Waals surface area contributed by atoms with Crippen molar-refractivity contribution in [3.05, 3.63) is 65.7 Å². The highest BCUT2D eigenvalue weighted by Crippen LogP contribution is 2.18. The van der Waals surface area contributed by atoms with Gasteiger partial charge < -0.3 is 19.3 Å². The van der Waals surface area contributed by atoms with Gasteiger partial charge >= 0.3 is 0 Å². The van der Waals surface area contributed by atoms with Gasteiger partial charge in [0.25, 0.3) is 0 Å². The highest BCUT2D eigenvalue weighted by molar-refractivity contribution is 5.91. The minimum atomic E-state index is -0.00648. The first kappa shape index (κ1) is 20.9. The number of carbonyl (C=O) groups excluding carboxylic acids is 1. The number of hydrogen-bond donors (Lipinski definition) is 0. The van der Waals surface area contributed by atoms with Crippen LogP contribution in [0.2, 0.25) is 0 Å². The predicted molar refractivity (Wildman–Crippen MR) is 117 cm³/mol. The third kappa shape index (κ3) is 6.09. The fourth-order valence-corrected chi connectivity index (χ4v) is 3.37. The van der Waals surface area contributed by atoms with Crippen LogP contribution < -0.4 is 9.64 Å². The summed E-state index contributed by atoms with van der Waals surface area (Å²) in [6, 6.07) is 16.0. The zero-order chi connectivity index (χ0) is 20.6. The van der Waals surface area contributed by atoms with E-state index in [4.69, 9.17) is 9.47 Å². The second-order valence-corrected chi connectivity index (χ2v) is 7.52. The summed E-state index contributed by atoms with van der Waals surface area (Å²) in [5.41, 5.74) is 3.22. The number of hydrogen-bond acceptors (Lipinski definition) is 4. The quantitative estimate of drug-likeness (QED) is 0.635. The Hall–Kier alpha value is -2.79. The van der Waals surface area contributed by atoms with Crippen LogP contribution in [-0.2, 0) is 16.1 Å². The normalized spacial score (nSPS) is 16.2. The molecule has 3 rings (SSSR count). The summed E-state index contributed by atoms with van der Waals surface area (Å²) >= 11 is 0. The Labute approximate surface area is 173 Å². The number of ether oxygens (including phenoxy) is 2. The predicted octanol–water partition coefficient (Wildman–Crippen LogP) is 3.98. The third-order valence-corrected chi connectivity index (χ3v) is 5.12. The number of methoxy groups -OCH3 is 1. The summed E-state index contributed by atoms with van der Waals surface area (Å²) in [4.78, 5) is 16.9. The molecular formula is C24H30N2O3. The summed E-state index contributed by atoms with van der Waals surface area (Å²) < 4.78 is 11.0. The molecule has 1 heterocycles. The monoisotopic (exact) mass is 394 g/mol. The van der Waals surface area contributed by atoms with Crippen LogP contribution in [0.1, 0.15) is 24.0 Å². The molecule has 0 saturated carbocycles. The van der Waals surface area contributed by atoms with Gasteiger partial charge in [0.05, 0.1) is 13.2 Å². The van der Waals surface area contributed by atoms with E-state index in [0.717, 1.165) is 42.0 Å². The van der Waals surface area contributed by atoms with Gasteiger partial charge in [-0.3, -0.25) is 4.79 Å². The molecular weight excluding hydrogens is 364 g/mol. The smallest absolute Gasteiger partial charge is 0.246 e. The maximum atomic E-state index is 13.0. The average Bonchev–Trinajstić information content (AvgIpc) is 3.25. The highest BCUT2D eigenvalue weighted by atomic mass is 16.5. The van der Waals surface area contributed by atoms with Gasteiger partial charge in [0.15, 0.2) is 0 Å². The summed E-state index contributed by atoms with van der Waals surface area (Å²) in [6.07, 6.45) is 5.68. The average molecular weight is 395 g/mol. The molecule has 1 saturated heterocycles. The molecule has 1 aliphatic heterocycles. The summed E-state index contributed by atoms with van der Waals surface area (Å²) in [6.45, 7) is 1.96. The number of anilines is 1. The van der Waals surface area contributed by atoms with E-state index in [-0.39, 0.29) is 12.0 Å². The molecule has 5 nitrogen and oxygen atoms in total. The van der Waals surface area contributed by atoms with Crippen LogP contribution in [0.5, 0.6) is 5.75 Å². The van der Waals surface area contributed by atoms with E-state index in [1.54, 1.807) is 13.2 Å². The van der Waals surface area contributed by atoms with E-state index < -0.39 is 0 Å². The number of amides is 1. The Morgan fingerprint density at radius 1 is 1.14 bits per heavy atom. The molecule has 2 aromatic rings. The highest BCUT2D eigenvalue weighted by Gasteiger charge is 2.21. The fraction of sp³-hybridized carbons (Fsp3) is 0.375. The molecule has 1 unspecified atom stereocenters. The van der Waals surface area contributed by atoms with Crippen molar-refractivity contribution >= 4 is 17.7 Å². The molecule has 1 fully saturated rings. The Kier molecular flexibility index (Phi) is 7.30. The molecule has 2 aromatic carbocycles. The van der Waals surface area contributed by atoms with Crippen molar-refractivity contribution in [2.45, 2.75) is 25.5 Å². The Balaban J connectivity index is 1.70. The molecule has 0 spiro atoms. The van der Waals surface area contributed by atoms with Crippen LogP contribution in [0.15, 0.2) is 54.6 Å². The van der Waals surface area contributed by atoms with Crippen molar-refractivity contribution in [2.24, 2.45) is 0 Å². The number of nitrogens with zero attached hydrogens (tertiary/aromatic N) is 2. The molecule has 29 heavy (non-hydrogen) atoms. The van der Waals surface area contributed by atoms with Crippen molar-refractivity contribution < 1.29 is 14.3 Å². The van der Waals surface area contributed by atoms with Gasteiger partial charge in [-0.05, 0) is 54.3 Å². The first-order chi connectivity index (χ1) is 14.0. The van der Waals surface area contributed by atoms with E-state index in [9.17, 15) is 4.79 Å². The Bertz CT molecular complexity index is 807. The summed E-state index contributed by atoms with van der Waals surface area (Å²) in [5, 5.41) is 0. The van der Waals surface area contributed by atoms with Crippen molar-refractivity contribution in [3.63, 3.8) is 0 Å². The SMILES string of the molecule is COc1ccc(/C=C/C(=O)N(Cc2ccc(N(C)C)cc2)CC2CCCO2)cc1. The van der Waals surface area contributed by atoms with Crippen LogP contribution >= 0.6 is 0 Å². The number of carbonyl (C=O) groups is 1. The first-order valence-corrected chi connectivity index (χ1v) is 10.0. The van der Waals surface area contributed by atoms with E-state index >= 15 is 0 Å². The molecule has 0 aromatic heterocycles. The molecule has 154 valence electrons. The van der Waals surface area contributed by atoms with E-state index in [0.29, 0.717) is 13.1 Å². The maximum Gasteiger partial charge on any atom is 0.246 e. The third-order valence-electron chi connectivity index (χ3n) is 5.12. The van der Waals surface area contributed by atoms with Gasteiger partial charge in [0.2, 0.25) is 5.91 Å². The number of benzene rings is 2. The van der Waals surface area contributed by atoms with Gasteiger partial charge in [0, 0.05) is 45.6 Å². The summed E-state index contributed by atoms with van der Waals surface area (Å²) in [7, 11) is 5.68. The van der Waals surface area contributed by atoms with Crippen molar-refractivity contribution in [2.75, 3.05) is 39.3 Å². The lowest BCUT2D eigenvalue weighted by Crippen LogP contribution is -2.35. The van der Waals surface area contributed by atoms with Crippen LogP contribution in [0.3, 0.4) is 0 Å². The standard InChI is InChI=1S/C24H30N2O3/c1-25(2)21-11-6-20(7-12-21)17-26(18-23-5-4-16-29-23)24(27)15-10-19-8-13-22(28-3)14-9-19/h6-15,23H,4-5,16-18H2,1-3H3/b15-10+. The fourth-order valence-electron chi connectivity index (χ4n) is 3.37. The van der Waals surface area contributed by atoms with Gasteiger partial charge in [0.1, 0.15) is 5.75 Å². The topological polar surface area (TPSA) is 42.0 Å². The van der Waals surface area contributed by atoms with Gasteiger partial charge in [-0.1, -0.05) is 24.3 Å². The zero-order valence-electron chi connectivity index (χ0n) is 17.5.